The number of anilines is 2. The van der Waals surface area contributed by atoms with E-state index in [2.05, 4.69) is 16.4 Å². The largest absolute Gasteiger partial charge is 0.480 e. The number of fused-ring (bicyclic) bond motifs is 1. The van der Waals surface area contributed by atoms with Crippen LogP contribution >= 0.6 is 0 Å². The van der Waals surface area contributed by atoms with Crippen molar-refractivity contribution < 1.29 is 14.3 Å². The number of nitriles is 1. The van der Waals surface area contributed by atoms with Gasteiger partial charge in [-0.3, -0.25) is 4.79 Å². The Hall–Kier alpha value is -4.44. The van der Waals surface area contributed by atoms with Gasteiger partial charge in [-0.25, -0.2) is 9.37 Å². The molecule has 0 bridgehead atoms. The molecule has 0 fully saturated rings. The van der Waals surface area contributed by atoms with Gasteiger partial charge in [-0.2, -0.15) is 5.26 Å². The summed E-state index contributed by atoms with van der Waals surface area (Å²) in [6, 6.07) is 20.1. The Balaban J connectivity index is 1.87. The predicted molar refractivity (Wildman–Crippen MR) is 122 cm³/mol. The van der Waals surface area contributed by atoms with Crippen LogP contribution in [0.15, 0.2) is 66.7 Å². The molecule has 4 rings (SSSR count). The van der Waals surface area contributed by atoms with Crippen molar-refractivity contribution in [3.63, 3.8) is 0 Å². The molecule has 0 amide bonds. The number of halogens is 1. The highest BCUT2D eigenvalue weighted by molar-refractivity contribution is 5.99. The number of carboxylic acids is 1. The van der Waals surface area contributed by atoms with Crippen molar-refractivity contribution in [2.24, 2.45) is 0 Å². The Kier molecular flexibility index (Phi) is 5.44. The normalized spacial score (nSPS) is 11.7. The molecular formula is C25H19FN4O2. The van der Waals surface area contributed by atoms with Crippen LogP contribution in [0.5, 0.6) is 0 Å². The molecule has 158 valence electrons. The van der Waals surface area contributed by atoms with Crippen molar-refractivity contribution in [3.8, 4) is 28.5 Å². The van der Waals surface area contributed by atoms with E-state index in [0.717, 1.165) is 11.1 Å². The monoisotopic (exact) mass is 426 g/mol. The molecule has 0 radical (unpaired) electrons. The van der Waals surface area contributed by atoms with E-state index in [-0.39, 0.29) is 11.3 Å². The molecular weight excluding hydrogens is 407 g/mol. The van der Waals surface area contributed by atoms with Gasteiger partial charge in [0.25, 0.3) is 0 Å². The lowest BCUT2D eigenvalue weighted by Crippen LogP contribution is -2.26. The molecule has 6 nitrogen and oxygen atoms in total. The summed E-state index contributed by atoms with van der Waals surface area (Å²) in [5, 5.41) is 22.4. The third-order valence-corrected chi connectivity index (χ3v) is 5.19. The molecule has 4 aromatic rings. The van der Waals surface area contributed by atoms with Crippen LogP contribution in [-0.2, 0) is 4.79 Å². The van der Waals surface area contributed by atoms with Crippen LogP contribution in [-0.4, -0.2) is 22.1 Å². The fourth-order valence-electron chi connectivity index (χ4n) is 3.48. The van der Waals surface area contributed by atoms with E-state index in [1.807, 2.05) is 48.5 Å². The molecule has 3 aromatic carbocycles. The SMILES string of the molecule is C[C@@H](Nc1c(C#N)c(-c2ccc(-c3ccc(N)cc3)cc2)nc2ccc(F)cc12)C(=O)O. The number of nitrogens with two attached hydrogens (primary N) is 1. The molecule has 1 heterocycles. The average molecular weight is 426 g/mol. The summed E-state index contributed by atoms with van der Waals surface area (Å²) in [6.45, 7) is 1.45. The number of hydrogen-bond acceptors (Lipinski definition) is 5. The molecule has 0 aliphatic rings. The number of aromatic nitrogens is 1. The molecule has 0 saturated carbocycles. The minimum atomic E-state index is -1.09. The van der Waals surface area contributed by atoms with Gasteiger partial charge in [0.1, 0.15) is 23.5 Å². The lowest BCUT2D eigenvalue weighted by Gasteiger charge is -2.17. The smallest absolute Gasteiger partial charge is 0.325 e. The first-order valence-corrected chi connectivity index (χ1v) is 9.86. The van der Waals surface area contributed by atoms with Crippen LogP contribution in [0.3, 0.4) is 0 Å². The number of carboxylic acid groups (broad SMARTS) is 1. The van der Waals surface area contributed by atoms with Gasteiger partial charge in [-0.1, -0.05) is 36.4 Å². The standard InChI is InChI=1S/C25H19FN4O2/c1-14(25(31)32)29-24-20-12-18(26)8-11-22(20)30-23(21(24)13-27)17-4-2-15(3-5-17)16-6-9-19(28)10-7-16/h2-12,14H,28H2,1H3,(H,29,30)(H,31,32)/t14-/m1/s1. The van der Waals surface area contributed by atoms with Crippen molar-refractivity contribution in [2.75, 3.05) is 11.1 Å². The zero-order valence-corrected chi connectivity index (χ0v) is 17.1. The molecule has 0 unspecified atom stereocenters. The first-order chi connectivity index (χ1) is 15.4. The van der Waals surface area contributed by atoms with Gasteiger partial charge >= 0.3 is 5.97 Å². The van der Waals surface area contributed by atoms with Crippen LogP contribution in [0.2, 0.25) is 0 Å². The van der Waals surface area contributed by atoms with Gasteiger partial charge in [0.15, 0.2) is 0 Å². The molecule has 0 aliphatic heterocycles. The number of pyridine rings is 1. The Morgan fingerprint density at radius 3 is 2.25 bits per heavy atom. The zero-order chi connectivity index (χ0) is 22.8. The number of nitrogen functional groups attached to an aromatic ring is 1. The van der Waals surface area contributed by atoms with Crippen LogP contribution in [0, 0.1) is 17.1 Å². The minimum Gasteiger partial charge on any atom is -0.480 e. The summed E-state index contributed by atoms with van der Waals surface area (Å²) in [7, 11) is 0. The predicted octanol–water partition coefficient (Wildman–Crippen LogP) is 5.05. The maximum atomic E-state index is 13.9. The third-order valence-electron chi connectivity index (χ3n) is 5.19. The number of rotatable bonds is 5. The van der Waals surface area contributed by atoms with E-state index in [0.29, 0.717) is 27.8 Å². The van der Waals surface area contributed by atoms with Crippen molar-refractivity contribution >= 4 is 28.2 Å². The molecule has 0 saturated heterocycles. The number of carbonyl (C=O) groups is 1. The van der Waals surface area contributed by atoms with Crippen molar-refractivity contribution in [3.05, 3.63) is 78.1 Å². The summed E-state index contributed by atoms with van der Waals surface area (Å²) in [4.78, 5) is 16.0. The van der Waals surface area contributed by atoms with E-state index < -0.39 is 17.8 Å². The van der Waals surface area contributed by atoms with Crippen molar-refractivity contribution in [1.29, 1.82) is 5.26 Å². The van der Waals surface area contributed by atoms with Gasteiger partial charge in [0.2, 0.25) is 0 Å². The van der Waals surface area contributed by atoms with Crippen LogP contribution in [0.1, 0.15) is 12.5 Å². The first kappa shape index (κ1) is 20.8. The highest BCUT2D eigenvalue weighted by atomic mass is 19.1. The number of nitrogens with one attached hydrogen (secondary N) is 1. The van der Waals surface area contributed by atoms with Gasteiger partial charge in [0.05, 0.1) is 16.9 Å². The van der Waals surface area contributed by atoms with Crippen LogP contribution < -0.4 is 11.1 Å². The Bertz CT molecular complexity index is 1360. The number of nitrogens with zero attached hydrogens (tertiary/aromatic N) is 2. The fraction of sp³-hybridized carbons (Fsp3) is 0.0800. The quantitative estimate of drug-likeness (QED) is 0.385. The fourth-order valence-corrected chi connectivity index (χ4v) is 3.48. The number of aliphatic carboxylic acids is 1. The van der Waals surface area contributed by atoms with Crippen molar-refractivity contribution in [2.45, 2.75) is 13.0 Å². The summed E-state index contributed by atoms with van der Waals surface area (Å²) in [6.07, 6.45) is 0. The van der Waals surface area contributed by atoms with Gasteiger partial charge in [-0.15, -0.1) is 0 Å². The summed E-state index contributed by atoms with van der Waals surface area (Å²) >= 11 is 0. The molecule has 0 aliphatic carbocycles. The third kappa shape index (κ3) is 3.94. The summed E-state index contributed by atoms with van der Waals surface area (Å²) < 4.78 is 13.9. The summed E-state index contributed by atoms with van der Waals surface area (Å²) in [5.74, 6) is -1.60. The van der Waals surface area contributed by atoms with E-state index >= 15 is 0 Å². The Morgan fingerprint density at radius 1 is 1.06 bits per heavy atom. The van der Waals surface area contributed by atoms with E-state index in [4.69, 9.17) is 5.73 Å². The van der Waals surface area contributed by atoms with E-state index in [1.54, 1.807) is 0 Å². The van der Waals surface area contributed by atoms with Gasteiger partial charge in [0, 0.05) is 16.6 Å². The van der Waals surface area contributed by atoms with Gasteiger partial charge in [-0.05, 0) is 48.4 Å². The lowest BCUT2D eigenvalue weighted by atomic mass is 9.98. The Labute approximate surface area is 183 Å². The second-order valence-corrected chi connectivity index (χ2v) is 7.39. The van der Waals surface area contributed by atoms with E-state index in [1.165, 1.54) is 25.1 Å². The maximum Gasteiger partial charge on any atom is 0.325 e. The average Bonchev–Trinajstić information content (AvgIpc) is 2.79. The van der Waals surface area contributed by atoms with E-state index in [9.17, 15) is 19.6 Å². The number of benzene rings is 3. The molecule has 7 heteroatoms. The van der Waals surface area contributed by atoms with Crippen molar-refractivity contribution in [1.82, 2.24) is 4.98 Å². The van der Waals surface area contributed by atoms with Crippen LogP contribution in [0.4, 0.5) is 15.8 Å². The summed E-state index contributed by atoms with van der Waals surface area (Å²) in [5.41, 5.74) is 10.3. The number of hydrogen-bond donors (Lipinski definition) is 3. The minimum absolute atomic E-state index is 0.149. The maximum absolute atomic E-state index is 13.9. The lowest BCUT2D eigenvalue weighted by molar-refractivity contribution is -0.137. The molecule has 0 spiro atoms. The second kappa shape index (κ2) is 8.36. The van der Waals surface area contributed by atoms with Crippen LogP contribution in [0.25, 0.3) is 33.3 Å². The van der Waals surface area contributed by atoms with Gasteiger partial charge < -0.3 is 16.2 Å². The first-order valence-electron chi connectivity index (χ1n) is 9.86. The molecule has 32 heavy (non-hydrogen) atoms. The molecule has 1 aromatic heterocycles. The molecule has 1 atom stereocenters. The molecule has 4 N–H and O–H groups in total. The highest BCUT2D eigenvalue weighted by Crippen LogP contribution is 2.35. The highest BCUT2D eigenvalue weighted by Gasteiger charge is 2.20. The topological polar surface area (TPSA) is 112 Å². The Morgan fingerprint density at radius 2 is 1.66 bits per heavy atom. The second-order valence-electron chi connectivity index (χ2n) is 7.39. The zero-order valence-electron chi connectivity index (χ0n) is 17.1.